The molecule has 8 nitrogen and oxygen atoms in total. The fourth-order valence-corrected chi connectivity index (χ4v) is 2.06. The molecular formula is C16H16N4O4. The highest BCUT2D eigenvalue weighted by atomic mass is 16.5. The van der Waals surface area contributed by atoms with E-state index < -0.39 is 5.97 Å². The van der Waals surface area contributed by atoms with Crippen molar-refractivity contribution in [3.05, 3.63) is 41.0 Å². The number of carbonyl (C=O) groups is 1. The van der Waals surface area contributed by atoms with Gasteiger partial charge in [0.25, 0.3) is 0 Å². The van der Waals surface area contributed by atoms with Crippen molar-refractivity contribution in [2.75, 3.05) is 20.8 Å². The molecule has 0 aromatic carbocycles. The Morgan fingerprint density at radius 1 is 1.25 bits per heavy atom. The maximum absolute atomic E-state index is 12.0. The lowest BCUT2D eigenvalue weighted by Crippen LogP contribution is -2.11. The van der Waals surface area contributed by atoms with E-state index in [1.54, 1.807) is 25.3 Å². The molecule has 0 aliphatic rings. The summed E-state index contributed by atoms with van der Waals surface area (Å²) in [5.41, 5.74) is 0.908. The van der Waals surface area contributed by atoms with Crippen molar-refractivity contribution in [3.8, 4) is 17.8 Å². The molecular weight excluding hydrogens is 312 g/mol. The third kappa shape index (κ3) is 3.57. The quantitative estimate of drug-likeness (QED) is 0.735. The van der Waals surface area contributed by atoms with Crippen LogP contribution in [0.25, 0.3) is 0 Å². The van der Waals surface area contributed by atoms with E-state index in [4.69, 9.17) is 19.5 Å². The van der Waals surface area contributed by atoms with Gasteiger partial charge in [-0.05, 0) is 19.1 Å². The van der Waals surface area contributed by atoms with Crippen molar-refractivity contribution in [1.29, 1.82) is 5.26 Å². The monoisotopic (exact) mass is 328 g/mol. The van der Waals surface area contributed by atoms with Crippen LogP contribution in [0.4, 0.5) is 0 Å². The molecule has 2 rings (SSSR count). The zero-order valence-corrected chi connectivity index (χ0v) is 13.6. The maximum atomic E-state index is 12.0. The van der Waals surface area contributed by atoms with Gasteiger partial charge >= 0.3 is 5.97 Å². The Kier molecular flexibility index (Phi) is 5.63. The second-order valence-corrected chi connectivity index (χ2v) is 4.54. The summed E-state index contributed by atoms with van der Waals surface area (Å²) >= 11 is 0. The molecule has 8 heteroatoms. The third-order valence-electron chi connectivity index (χ3n) is 3.10. The largest absolute Gasteiger partial charge is 0.480 e. The van der Waals surface area contributed by atoms with Gasteiger partial charge < -0.3 is 14.2 Å². The first-order chi connectivity index (χ1) is 11.6. The Labute approximate surface area is 139 Å². The highest BCUT2D eigenvalue weighted by Gasteiger charge is 2.19. The van der Waals surface area contributed by atoms with Gasteiger partial charge in [0.2, 0.25) is 11.8 Å². The summed E-state index contributed by atoms with van der Waals surface area (Å²) in [4.78, 5) is 24.6. The van der Waals surface area contributed by atoms with Gasteiger partial charge in [0.15, 0.2) is 5.56 Å². The Hall–Kier alpha value is -3.21. The van der Waals surface area contributed by atoms with Crippen molar-refractivity contribution in [2.45, 2.75) is 13.3 Å². The van der Waals surface area contributed by atoms with E-state index in [9.17, 15) is 4.79 Å². The van der Waals surface area contributed by atoms with Gasteiger partial charge in [0.05, 0.1) is 38.5 Å². The van der Waals surface area contributed by atoms with E-state index >= 15 is 0 Å². The first-order valence-corrected chi connectivity index (χ1v) is 7.14. The first kappa shape index (κ1) is 17.1. The number of rotatable bonds is 6. The van der Waals surface area contributed by atoms with Crippen LogP contribution in [0.1, 0.15) is 34.4 Å². The Morgan fingerprint density at radius 3 is 2.46 bits per heavy atom. The lowest BCUT2D eigenvalue weighted by molar-refractivity contribution is 0.0524. The van der Waals surface area contributed by atoms with Gasteiger partial charge in [-0.3, -0.25) is 4.98 Å². The summed E-state index contributed by atoms with van der Waals surface area (Å²) in [5.74, 6) is 0.0565. The molecule has 2 heterocycles. The zero-order chi connectivity index (χ0) is 17.5. The number of esters is 1. The molecule has 0 spiro atoms. The van der Waals surface area contributed by atoms with Gasteiger partial charge in [0, 0.05) is 6.20 Å². The Morgan fingerprint density at radius 2 is 1.92 bits per heavy atom. The topological polar surface area (TPSA) is 107 Å². The van der Waals surface area contributed by atoms with Gasteiger partial charge in [-0.1, -0.05) is 0 Å². The average Bonchev–Trinajstić information content (AvgIpc) is 2.61. The van der Waals surface area contributed by atoms with Crippen LogP contribution in [0.2, 0.25) is 0 Å². The van der Waals surface area contributed by atoms with E-state index in [1.165, 1.54) is 14.2 Å². The van der Waals surface area contributed by atoms with E-state index in [0.29, 0.717) is 17.1 Å². The molecule has 0 atom stereocenters. The van der Waals surface area contributed by atoms with E-state index in [2.05, 4.69) is 15.0 Å². The van der Waals surface area contributed by atoms with Gasteiger partial charge in [-0.25, -0.2) is 4.79 Å². The summed E-state index contributed by atoms with van der Waals surface area (Å²) in [6.45, 7) is 2.00. The SMILES string of the molecule is CCOC(=O)c1cccnc1Cc1nc(OC)c(C#N)c(OC)n1. The number of ether oxygens (including phenoxy) is 3. The van der Waals surface area contributed by atoms with Crippen molar-refractivity contribution >= 4 is 5.97 Å². The lowest BCUT2D eigenvalue weighted by atomic mass is 10.1. The van der Waals surface area contributed by atoms with Crippen LogP contribution in [0, 0.1) is 11.3 Å². The third-order valence-corrected chi connectivity index (χ3v) is 3.10. The molecule has 124 valence electrons. The van der Waals surface area contributed by atoms with Crippen LogP contribution in [-0.2, 0) is 11.2 Å². The molecule has 0 saturated carbocycles. The number of methoxy groups -OCH3 is 2. The van der Waals surface area contributed by atoms with Crippen molar-refractivity contribution in [2.24, 2.45) is 0 Å². The number of pyridine rings is 1. The summed E-state index contributed by atoms with van der Waals surface area (Å²) < 4.78 is 15.2. The van der Waals surface area contributed by atoms with Crippen molar-refractivity contribution < 1.29 is 19.0 Å². The summed E-state index contributed by atoms with van der Waals surface area (Å²) in [5, 5.41) is 9.15. The molecule has 0 aliphatic heterocycles. The molecule has 0 aliphatic carbocycles. The molecule has 2 aromatic rings. The number of aromatic nitrogens is 3. The molecule has 0 bridgehead atoms. The summed E-state index contributed by atoms with van der Waals surface area (Å²) in [6, 6.07) is 5.21. The zero-order valence-electron chi connectivity index (χ0n) is 13.6. The maximum Gasteiger partial charge on any atom is 0.339 e. The van der Waals surface area contributed by atoms with Crippen LogP contribution in [0.3, 0.4) is 0 Å². The number of nitrogens with zero attached hydrogens (tertiary/aromatic N) is 4. The van der Waals surface area contributed by atoms with Crippen LogP contribution in [0.15, 0.2) is 18.3 Å². The molecule has 0 amide bonds. The number of nitriles is 1. The van der Waals surface area contributed by atoms with E-state index in [1.807, 2.05) is 6.07 Å². The first-order valence-electron chi connectivity index (χ1n) is 7.14. The summed E-state index contributed by atoms with van der Waals surface area (Å²) in [7, 11) is 2.80. The van der Waals surface area contributed by atoms with Crippen LogP contribution in [0.5, 0.6) is 11.8 Å². The normalized spacial score (nSPS) is 9.92. The van der Waals surface area contributed by atoms with Crippen LogP contribution in [-0.4, -0.2) is 41.7 Å². The van der Waals surface area contributed by atoms with Crippen molar-refractivity contribution in [1.82, 2.24) is 15.0 Å². The molecule has 0 fully saturated rings. The molecule has 0 N–H and O–H groups in total. The fraction of sp³-hybridized carbons (Fsp3) is 0.312. The summed E-state index contributed by atoms with van der Waals surface area (Å²) in [6.07, 6.45) is 1.73. The fourth-order valence-electron chi connectivity index (χ4n) is 2.06. The number of hydrogen-bond donors (Lipinski definition) is 0. The molecule has 24 heavy (non-hydrogen) atoms. The minimum absolute atomic E-state index is 0.105. The Bertz CT molecular complexity index is 761. The van der Waals surface area contributed by atoms with Crippen LogP contribution >= 0.6 is 0 Å². The van der Waals surface area contributed by atoms with Gasteiger partial charge in [-0.2, -0.15) is 15.2 Å². The lowest BCUT2D eigenvalue weighted by Gasteiger charge is -2.10. The second-order valence-electron chi connectivity index (χ2n) is 4.54. The number of hydrogen-bond acceptors (Lipinski definition) is 8. The highest BCUT2D eigenvalue weighted by molar-refractivity contribution is 5.90. The smallest absolute Gasteiger partial charge is 0.339 e. The van der Waals surface area contributed by atoms with Crippen molar-refractivity contribution in [3.63, 3.8) is 0 Å². The number of carbonyl (C=O) groups excluding carboxylic acids is 1. The second kappa shape index (κ2) is 7.87. The predicted octanol–water partition coefficient (Wildman–Crippen LogP) is 1.53. The van der Waals surface area contributed by atoms with Gasteiger partial charge in [0.1, 0.15) is 11.9 Å². The molecule has 0 radical (unpaired) electrons. The van der Waals surface area contributed by atoms with Gasteiger partial charge in [-0.15, -0.1) is 0 Å². The molecule has 0 saturated heterocycles. The highest BCUT2D eigenvalue weighted by Crippen LogP contribution is 2.24. The minimum atomic E-state index is -0.465. The Balaban J connectivity index is 2.42. The minimum Gasteiger partial charge on any atom is -0.480 e. The molecule has 0 unspecified atom stereocenters. The standard InChI is InChI=1S/C16H16N4O4/c1-4-24-16(21)10-6-5-7-18-12(10)8-13-19-14(22-2)11(9-17)15(20-13)23-3/h5-7H,4,8H2,1-3H3. The van der Waals surface area contributed by atoms with E-state index in [0.717, 1.165) is 0 Å². The molecule has 2 aromatic heterocycles. The average molecular weight is 328 g/mol. The van der Waals surface area contributed by atoms with Crippen LogP contribution < -0.4 is 9.47 Å². The van der Waals surface area contributed by atoms with E-state index in [-0.39, 0.29) is 30.4 Å². The predicted molar refractivity (Wildman–Crippen MR) is 82.9 cm³/mol.